The largest absolute Gasteiger partial charge is 0.507 e. The Morgan fingerprint density at radius 3 is 2.47 bits per heavy atom. The molecule has 2 heterocycles. The normalized spacial score (nSPS) is 18.3. The minimum atomic E-state index is -0.918. The van der Waals surface area contributed by atoms with E-state index in [1.165, 1.54) is 40.5 Å². The van der Waals surface area contributed by atoms with Gasteiger partial charge in [0.25, 0.3) is 5.78 Å². The Morgan fingerprint density at radius 1 is 1.17 bits per heavy atom. The van der Waals surface area contributed by atoms with Gasteiger partial charge >= 0.3 is 5.91 Å². The number of aliphatic hydroxyl groups is 1. The highest BCUT2D eigenvalue weighted by Crippen LogP contribution is 2.44. The van der Waals surface area contributed by atoms with Gasteiger partial charge in [-0.25, -0.2) is 9.37 Å². The van der Waals surface area contributed by atoms with Gasteiger partial charge in [0.2, 0.25) is 0 Å². The van der Waals surface area contributed by atoms with Crippen LogP contribution >= 0.6 is 22.9 Å². The summed E-state index contributed by atoms with van der Waals surface area (Å²) in [7, 11) is 0. The van der Waals surface area contributed by atoms with Crippen LogP contribution in [-0.2, 0) is 9.59 Å². The van der Waals surface area contributed by atoms with Crippen LogP contribution in [0.2, 0.25) is 5.02 Å². The molecule has 1 fully saturated rings. The number of aryl methyl sites for hydroxylation is 2. The molecule has 8 heteroatoms. The van der Waals surface area contributed by atoms with E-state index < -0.39 is 23.5 Å². The Kier molecular flexibility index (Phi) is 5.17. The van der Waals surface area contributed by atoms with Gasteiger partial charge in [0, 0.05) is 15.5 Å². The number of benzene rings is 2. The zero-order chi connectivity index (χ0) is 21.6. The van der Waals surface area contributed by atoms with Crippen LogP contribution in [0.1, 0.15) is 27.7 Å². The van der Waals surface area contributed by atoms with E-state index in [-0.39, 0.29) is 16.9 Å². The summed E-state index contributed by atoms with van der Waals surface area (Å²) in [5.74, 6) is -2.50. The van der Waals surface area contributed by atoms with Gasteiger partial charge in [-0.15, -0.1) is 11.3 Å². The highest BCUT2D eigenvalue weighted by Gasteiger charge is 2.48. The van der Waals surface area contributed by atoms with Crippen molar-refractivity contribution in [1.29, 1.82) is 0 Å². The second-order valence-corrected chi connectivity index (χ2v) is 8.49. The molecule has 30 heavy (non-hydrogen) atoms. The number of halogens is 2. The van der Waals surface area contributed by atoms with Gasteiger partial charge in [0.05, 0.1) is 17.3 Å². The molecule has 1 aliphatic rings. The number of hydrogen-bond donors (Lipinski definition) is 1. The maximum Gasteiger partial charge on any atom is 0.301 e. The Bertz CT molecular complexity index is 1180. The van der Waals surface area contributed by atoms with Gasteiger partial charge in [-0.05, 0) is 55.8 Å². The summed E-state index contributed by atoms with van der Waals surface area (Å²) in [6.07, 6.45) is 0. The number of thiazole rings is 1. The van der Waals surface area contributed by atoms with E-state index in [1.807, 2.05) is 13.8 Å². The molecule has 4 rings (SSSR count). The van der Waals surface area contributed by atoms with E-state index in [4.69, 9.17) is 11.6 Å². The predicted molar refractivity (Wildman–Crippen MR) is 114 cm³/mol. The van der Waals surface area contributed by atoms with Crippen LogP contribution in [0.25, 0.3) is 5.76 Å². The molecule has 0 aliphatic carbocycles. The van der Waals surface area contributed by atoms with Crippen molar-refractivity contribution in [1.82, 2.24) is 4.98 Å². The molecule has 0 saturated carbocycles. The van der Waals surface area contributed by atoms with E-state index in [9.17, 15) is 19.1 Å². The average Bonchev–Trinajstić information content (AvgIpc) is 3.18. The molecule has 2 aromatic carbocycles. The van der Waals surface area contributed by atoms with Crippen molar-refractivity contribution in [3.05, 3.63) is 86.6 Å². The fraction of sp³-hybridized carbons (Fsp3) is 0.136. The first-order valence-corrected chi connectivity index (χ1v) is 10.2. The molecule has 152 valence electrons. The molecule has 1 saturated heterocycles. The Hall–Kier alpha value is -3.03. The standard InChI is InChI=1S/C22H16ClFN2O3S/c1-11-12(2)30-22(25-11)26-18(14-4-3-5-15(23)10-14)17(20(28)21(26)29)19(27)13-6-8-16(24)9-7-13/h3-10,18,27H,1-2H3/t18-/m1/s1. The van der Waals surface area contributed by atoms with Gasteiger partial charge in [-0.1, -0.05) is 23.7 Å². The summed E-state index contributed by atoms with van der Waals surface area (Å²) in [5.41, 5.74) is 1.43. The number of anilines is 1. The number of amides is 1. The average molecular weight is 443 g/mol. The number of nitrogens with zero attached hydrogens (tertiary/aromatic N) is 2. The molecule has 1 aromatic heterocycles. The van der Waals surface area contributed by atoms with Crippen molar-refractivity contribution in [3.63, 3.8) is 0 Å². The Morgan fingerprint density at radius 2 is 1.87 bits per heavy atom. The third kappa shape index (κ3) is 3.40. The lowest BCUT2D eigenvalue weighted by atomic mass is 9.95. The predicted octanol–water partition coefficient (Wildman–Crippen LogP) is 5.18. The molecule has 0 unspecified atom stereocenters. The van der Waals surface area contributed by atoms with Crippen molar-refractivity contribution in [2.24, 2.45) is 0 Å². The van der Waals surface area contributed by atoms with Gasteiger partial charge in [0.15, 0.2) is 5.13 Å². The van der Waals surface area contributed by atoms with Crippen LogP contribution in [0, 0.1) is 19.7 Å². The molecule has 0 bridgehead atoms. The lowest BCUT2D eigenvalue weighted by Gasteiger charge is -2.23. The zero-order valence-corrected chi connectivity index (χ0v) is 17.6. The summed E-state index contributed by atoms with van der Waals surface area (Å²) in [6, 6.07) is 10.9. The highest BCUT2D eigenvalue weighted by atomic mass is 35.5. The third-order valence-electron chi connectivity index (χ3n) is 4.95. The number of rotatable bonds is 3. The van der Waals surface area contributed by atoms with Crippen molar-refractivity contribution < 1.29 is 19.1 Å². The van der Waals surface area contributed by atoms with Crippen LogP contribution in [-0.4, -0.2) is 21.8 Å². The fourth-order valence-electron chi connectivity index (χ4n) is 3.34. The molecule has 5 nitrogen and oxygen atoms in total. The number of hydrogen-bond acceptors (Lipinski definition) is 5. The number of ketones is 1. The first-order chi connectivity index (χ1) is 14.3. The number of Topliss-reactive ketones (excluding diaryl/α,β-unsaturated/α-hetero) is 1. The summed E-state index contributed by atoms with van der Waals surface area (Å²) in [5, 5.41) is 11.7. The van der Waals surface area contributed by atoms with Crippen molar-refractivity contribution >= 4 is 45.5 Å². The summed E-state index contributed by atoms with van der Waals surface area (Å²) < 4.78 is 13.3. The van der Waals surface area contributed by atoms with Gasteiger partial charge in [0.1, 0.15) is 11.6 Å². The number of carbonyl (C=O) groups excluding carboxylic acids is 2. The minimum absolute atomic E-state index is 0.0978. The number of aliphatic hydroxyl groups excluding tert-OH is 1. The highest BCUT2D eigenvalue weighted by molar-refractivity contribution is 7.16. The van der Waals surface area contributed by atoms with E-state index in [2.05, 4.69) is 4.98 Å². The second-order valence-electron chi connectivity index (χ2n) is 6.87. The molecular formula is C22H16ClFN2O3S. The van der Waals surface area contributed by atoms with E-state index in [0.29, 0.717) is 15.7 Å². The fourth-order valence-corrected chi connectivity index (χ4v) is 4.48. The Balaban J connectivity index is 1.96. The lowest BCUT2D eigenvalue weighted by molar-refractivity contribution is -0.132. The Labute approximate surface area is 181 Å². The molecule has 1 atom stereocenters. The third-order valence-corrected chi connectivity index (χ3v) is 6.26. The molecule has 1 aliphatic heterocycles. The summed E-state index contributed by atoms with van der Waals surface area (Å²) >= 11 is 7.45. The monoisotopic (exact) mass is 442 g/mol. The van der Waals surface area contributed by atoms with Crippen molar-refractivity contribution in [2.75, 3.05) is 4.90 Å². The number of aromatic nitrogens is 1. The van der Waals surface area contributed by atoms with Gasteiger partial charge < -0.3 is 5.11 Å². The molecule has 1 N–H and O–H groups in total. The van der Waals surface area contributed by atoms with Gasteiger partial charge in [-0.3, -0.25) is 14.5 Å². The van der Waals surface area contributed by atoms with Crippen LogP contribution in [0.3, 0.4) is 0 Å². The van der Waals surface area contributed by atoms with Crippen molar-refractivity contribution in [3.8, 4) is 0 Å². The molecule has 0 radical (unpaired) electrons. The quantitative estimate of drug-likeness (QED) is 0.344. The second kappa shape index (κ2) is 7.66. The van der Waals surface area contributed by atoms with Crippen LogP contribution < -0.4 is 4.90 Å². The number of carbonyl (C=O) groups is 2. The summed E-state index contributed by atoms with van der Waals surface area (Å²) in [4.78, 5) is 32.6. The van der Waals surface area contributed by atoms with Crippen LogP contribution in [0.15, 0.2) is 54.1 Å². The van der Waals surface area contributed by atoms with E-state index >= 15 is 0 Å². The molecule has 1 amide bonds. The van der Waals surface area contributed by atoms with E-state index in [1.54, 1.807) is 24.3 Å². The SMILES string of the molecule is Cc1nc(N2C(=O)C(=O)C(=C(O)c3ccc(F)cc3)[C@H]2c2cccc(Cl)c2)sc1C. The van der Waals surface area contributed by atoms with Gasteiger partial charge in [-0.2, -0.15) is 0 Å². The maximum atomic E-state index is 13.3. The van der Waals surface area contributed by atoms with Crippen LogP contribution in [0.4, 0.5) is 9.52 Å². The molecule has 3 aromatic rings. The lowest BCUT2D eigenvalue weighted by Crippen LogP contribution is -2.29. The van der Waals surface area contributed by atoms with E-state index in [0.717, 1.165) is 10.6 Å². The maximum absolute atomic E-state index is 13.3. The van der Waals surface area contributed by atoms with Crippen molar-refractivity contribution in [2.45, 2.75) is 19.9 Å². The topological polar surface area (TPSA) is 70.5 Å². The first-order valence-electron chi connectivity index (χ1n) is 9.04. The molecule has 0 spiro atoms. The zero-order valence-electron chi connectivity index (χ0n) is 16.0. The smallest absolute Gasteiger partial charge is 0.301 e. The van der Waals surface area contributed by atoms with Crippen LogP contribution in [0.5, 0.6) is 0 Å². The first kappa shape index (κ1) is 20.3. The minimum Gasteiger partial charge on any atom is -0.507 e. The molecular weight excluding hydrogens is 427 g/mol. The summed E-state index contributed by atoms with van der Waals surface area (Å²) in [6.45, 7) is 3.69.